The zero-order valence-corrected chi connectivity index (χ0v) is 17.3. The van der Waals surface area contributed by atoms with Gasteiger partial charge in [0.25, 0.3) is 11.8 Å². The highest BCUT2D eigenvalue weighted by Gasteiger charge is 2.34. The second kappa shape index (κ2) is 10.9. The summed E-state index contributed by atoms with van der Waals surface area (Å²) in [6.45, 7) is 1.97. The van der Waals surface area contributed by atoms with Gasteiger partial charge in [-0.2, -0.15) is 0 Å². The minimum absolute atomic E-state index is 0.00518. The molecule has 2 rings (SSSR count). The van der Waals surface area contributed by atoms with E-state index in [-0.39, 0.29) is 18.7 Å². The maximum Gasteiger partial charge on any atom is 0.303 e. The Bertz CT molecular complexity index is 781. The average Bonchev–Trinajstić information content (AvgIpc) is 2.90. The molecule has 28 heavy (non-hydrogen) atoms. The minimum atomic E-state index is -0.711. The Labute approximate surface area is 172 Å². The van der Waals surface area contributed by atoms with E-state index < -0.39 is 23.5 Å². The predicted molar refractivity (Wildman–Crippen MR) is 104 cm³/mol. The van der Waals surface area contributed by atoms with Gasteiger partial charge in [0.05, 0.1) is 35.8 Å². The molecule has 0 saturated carbocycles. The molecule has 0 saturated heterocycles. The van der Waals surface area contributed by atoms with E-state index in [0.29, 0.717) is 22.0 Å². The van der Waals surface area contributed by atoms with Crippen molar-refractivity contribution in [2.45, 2.75) is 26.3 Å². The number of hydrogen-bond donors (Lipinski definition) is 2. The van der Waals surface area contributed by atoms with E-state index in [1.54, 1.807) is 18.2 Å². The average molecular weight is 433 g/mol. The number of aliphatic carboxylic acids is 1. The first-order valence-corrected chi connectivity index (χ1v) is 9.07. The zero-order chi connectivity index (χ0) is 21.4. The number of benzene rings is 1. The monoisotopic (exact) mass is 432 g/mol. The van der Waals surface area contributed by atoms with Crippen molar-refractivity contribution < 1.29 is 29.4 Å². The van der Waals surface area contributed by atoms with Gasteiger partial charge in [0.2, 0.25) is 0 Å². The fraction of sp³-hybridized carbons (Fsp3) is 0.389. The lowest BCUT2D eigenvalue weighted by Crippen LogP contribution is -2.32. The summed E-state index contributed by atoms with van der Waals surface area (Å²) in [5, 5.41) is 19.5. The van der Waals surface area contributed by atoms with Crippen molar-refractivity contribution in [2.24, 2.45) is 0 Å². The van der Waals surface area contributed by atoms with Crippen LogP contribution in [0.4, 0.5) is 0 Å². The van der Waals surface area contributed by atoms with Gasteiger partial charge in [0, 0.05) is 13.5 Å². The van der Waals surface area contributed by atoms with Crippen LogP contribution in [0.15, 0.2) is 29.5 Å². The molecule has 1 aromatic carbocycles. The second-order valence-electron chi connectivity index (χ2n) is 5.90. The molecule has 2 N–H and O–H groups in total. The maximum absolute atomic E-state index is 12.4. The molecule has 0 radical (unpaired) electrons. The molecule has 1 aliphatic heterocycles. The number of hydroxylamine groups is 2. The number of aliphatic hydroxyl groups excluding tert-OH is 1. The molecule has 0 fully saturated rings. The van der Waals surface area contributed by atoms with Crippen molar-refractivity contribution >= 4 is 41.0 Å². The highest BCUT2D eigenvalue weighted by Crippen LogP contribution is 2.24. The van der Waals surface area contributed by atoms with E-state index in [1.165, 1.54) is 19.1 Å². The van der Waals surface area contributed by atoms with Gasteiger partial charge in [0.1, 0.15) is 0 Å². The molecule has 1 aromatic rings. The number of likely N-dealkylation sites (N-methyl/N-ethyl adjacent to an activating group) is 1. The fourth-order valence-corrected chi connectivity index (χ4v) is 2.57. The normalized spacial score (nSPS) is 13.3. The molecule has 154 valence electrons. The third-order valence-electron chi connectivity index (χ3n) is 3.71. The lowest BCUT2D eigenvalue weighted by Gasteiger charge is -2.20. The molecule has 0 atom stereocenters. The van der Waals surface area contributed by atoms with Gasteiger partial charge >= 0.3 is 5.97 Å². The molecule has 0 bridgehead atoms. The van der Waals surface area contributed by atoms with Gasteiger partial charge in [-0.3, -0.25) is 19.2 Å². The number of carbonyl (C=O) groups excluding carboxylic acids is 2. The maximum atomic E-state index is 12.4. The first-order chi connectivity index (χ1) is 13.1. The lowest BCUT2D eigenvalue weighted by molar-refractivity contribution is -0.174. The molecule has 0 aromatic heterocycles. The predicted octanol–water partition coefficient (Wildman–Crippen LogP) is 3.04. The topological polar surface area (TPSA) is 107 Å². The number of halogens is 2. The van der Waals surface area contributed by atoms with Crippen LogP contribution in [-0.4, -0.2) is 58.7 Å². The quantitative estimate of drug-likeness (QED) is 0.668. The van der Waals surface area contributed by atoms with Crippen LogP contribution in [0.2, 0.25) is 10.0 Å². The number of carboxylic acid groups (broad SMARTS) is 1. The number of rotatable bonds is 6. The van der Waals surface area contributed by atoms with E-state index in [1.807, 2.05) is 6.92 Å². The standard InChI is InChI=1S/C14H14Cl2N2O4.C4H8O2/c1-17-7-9(12(19)14(17)21)13(20)18(22-2)6-8-3-4-10(15)11(16)5-8;1-2-3-4(5)6/h3-5,19H,6-7H2,1-2H3;2-3H2,1H3,(H,5,6). The van der Waals surface area contributed by atoms with Gasteiger partial charge in [0.15, 0.2) is 5.76 Å². The molecule has 8 nitrogen and oxygen atoms in total. The van der Waals surface area contributed by atoms with E-state index in [4.69, 9.17) is 33.1 Å². The summed E-state index contributed by atoms with van der Waals surface area (Å²) in [5.41, 5.74) is 0.691. The van der Waals surface area contributed by atoms with E-state index in [2.05, 4.69) is 0 Å². The van der Waals surface area contributed by atoms with Crippen LogP contribution in [0.5, 0.6) is 0 Å². The molecular weight excluding hydrogens is 411 g/mol. The largest absolute Gasteiger partial charge is 0.503 e. The molecule has 2 amide bonds. The summed E-state index contributed by atoms with van der Waals surface area (Å²) < 4.78 is 0. The molecule has 1 aliphatic rings. The number of carbonyl (C=O) groups is 3. The van der Waals surface area contributed by atoms with E-state index >= 15 is 0 Å². The van der Waals surface area contributed by atoms with Gasteiger partial charge in [-0.05, 0) is 24.1 Å². The Morgan fingerprint density at radius 3 is 2.32 bits per heavy atom. The van der Waals surface area contributed by atoms with Gasteiger partial charge in [-0.15, -0.1) is 0 Å². The van der Waals surface area contributed by atoms with Crippen molar-refractivity contribution in [2.75, 3.05) is 20.7 Å². The summed E-state index contributed by atoms with van der Waals surface area (Å²) in [7, 11) is 2.82. The summed E-state index contributed by atoms with van der Waals surface area (Å²) in [4.78, 5) is 39.8. The third kappa shape index (κ3) is 6.40. The van der Waals surface area contributed by atoms with Crippen LogP contribution < -0.4 is 0 Å². The number of carboxylic acids is 1. The second-order valence-corrected chi connectivity index (χ2v) is 6.72. The number of nitrogens with zero attached hydrogens (tertiary/aromatic N) is 2. The van der Waals surface area contributed by atoms with Crippen molar-refractivity contribution in [3.8, 4) is 0 Å². The van der Waals surface area contributed by atoms with Gasteiger partial charge in [-0.25, -0.2) is 5.06 Å². The Hall–Kier alpha value is -2.29. The van der Waals surface area contributed by atoms with Crippen molar-refractivity contribution in [1.82, 2.24) is 9.96 Å². The first-order valence-electron chi connectivity index (χ1n) is 8.31. The lowest BCUT2D eigenvalue weighted by atomic mass is 10.2. The van der Waals surface area contributed by atoms with Crippen LogP contribution in [-0.2, 0) is 25.8 Å². The molecule has 0 aliphatic carbocycles. The summed E-state index contributed by atoms with van der Waals surface area (Å²) >= 11 is 11.8. The zero-order valence-electron chi connectivity index (χ0n) is 15.7. The van der Waals surface area contributed by atoms with Crippen LogP contribution in [0.3, 0.4) is 0 Å². The van der Waals surface area contributed by atoms with Crippen LogP contribution in [0.1, 0.15) is 25.3 Å². The summed E-state index contributed by atoms with van der Waals surface area (Å²) in [5.74, 6) is -2.43. The molecule has 1 heterocycles. The highest BCUT2D eigenvalue weighted by atomic mass is 35.5. The van der Waals surface area contributed by atoms with Crippen molar-refractivity contribution in [3.05, 3.63) is 45.1 Å². The summed E-state index contributed by atoms with van der Waals surface area (Å²) in [6, 6.07) is 4.93. The minimum Gasteiger partial charge on any atom is -0.503 e. The smallest absolute Gasteiger partial charge is 0.303 e. The van der Waals surface area contributed by atoms with Crippen LogP contribution in [0.25, 0.3) is 0 Å². The highest BCUT2D eigenvalue weighted by molar-refractivity contribution is 6.42. The Morgan fingerprint density at radius 2 is 1.93 bits per heavy atom. The Balaban J connectivity index is 0.000000568. The Morgan fingerprint density at radius 1 is 1.29 bits per heavy atom. The van der Waals surface area contributed by atoms with Crippen molar-refractivity contribution in [1.29, 1.82) is 0 Å². The molecule has 0 spiro atoms. The van der Waals surface area contributed by atoms with Crippen LogP contribution in [0, 0.1) is 0 Å². The van der Waals surface area contributed by atoms with Gasteiger partial charge in [-0.1, -0.05) is 36.2 Å². The van der Waals surface area contributed by atoms with E-state index in [9.17, 15) is 19.5 Å². The molecule has 10 heteroatoms. The molecular formula is C18H22Cl2N2O6. The third-order valence-corrected chi connectivity index (χ3v) is 4.45. The van der Waals surface area contributed by atoms with E-state index in [0.717, 1.165) is 11.5 Å². The molecule has 0 unspecified atom stereocenters. The first kappa shape index (κ1) is 23.7. The SMILES string of the molecule is CCCC(=O)O.CON(Cc1ccc(Cl)c(Cl)c1)C(=O)C1=C(O)C(=O)N(C)C1. The number of hydrogen-bond acceptors (Lipinski definition) is 5. The number of amides is 2. The Kier molecular flexibility index (Phi) is 9.24. The van der Waals surface area contributed by atoms with Gasteiger partial charge < -0.3 is 15.1 Å². The fourth-order valence-electron chi connectivity index (χ4n) is 2.25. The van der Waals surface area contributed by atoms with Crippen molar-refractivity contribution in [3.63, 3.8) is 0 Å². The van der Waals surface area contributed by atoms with Crippen LogP contribution >= 0.6 is 23.2 Å². The summed E-state index contributed by atoms with van der Waals surface area (Å²) in [6.07, 6.45) is 1.02. The number of aliphatic hydroxyl groups is 1.